The lowest BCUT2D eigenvalue weighted by Crippen LogP contribution is -2.29. The SMILES string of the molecule is Cc1cc(Cl)ccc1NC(=O)[C@@H]1CCC[C@@H]1CN. The molecule has 2 rings (SSSR count). The summed E-state index contributed by atoms with van der Waals surface area (Å²) in [6.07, 6.45) is 3.11. The largest absolute Gasteiger partial charge is 0.330 e. The summed E-state index contributed by atoms with van der Waals surface area (Å²) in [6.45, 7) is 2.54. The second-order valence-corrected chi connectivity index (χ2v) is 5.42. The number of hydrogen-bond acceptors (Lipinski definition) is 2. The molecule has 0 unspecified atom stereocenters. The molecule has 0 aromatic heterocycles. The third kappa shape index (κ3) is 2.85. The number of hydrogen-bond donors (Lipinski definition) is 2. The Labute approximate surface area is 113 Å². The van der Waals surface area contributed by atoms with Crippen molar-refractivity contribution in [2.24, 2.45) is 17.6 Å². The highest BCUT2D eigenvalue weighted by Gasteiger charge is 2.31. The van der Waals surface area contributed by atoms with Gasteiger partial charge in [-0.3, -0.25) is 4.79 Å². The summed E-state index contributed by atoms with van der Waals surface area (Å²) >= 11 is 5.90. The van der Waals surface area contributed by atoms with Crippen molar-refractivity contribution in [1.82, 2.24) is 0 Å². The van der Waals surface area contributed by atoms with Crippen molar-refractivity contribution in [2.75, 3.05) is 11.9 Å². The maximum absolute atomic E-state index is 12.2. The maximum atomic E-state index is 12.2. The predicted molar refractivity (Wildman–Crippen MR) is 74.7 cm³/mol. The Bertz CT molecular complexity index is 447. The molecule has 1 amide bonds. The molecule has 4 heteroatoms. The van der Waals surface area contributed by atoms with E-state index < -0.39 is 0 Å². The predicted octanol–water partition coefficient (Wildman–Crippen LogP) is 2.96. The second-order valence-electron chi connectivity index (χ2n) is 4.98. The summed E-state index contributed by atoms with van der Waals surface area (Å²) in [5.41, 5.74) is 7.53. The molecule has 1 aromatic carbocycles. The van der Waals surface area contributed by atoms with Gasteiger partial charge in [-0.05, 0) is 56.0 Å². The number of amides is 1. The van der Waals surface area contributed by atoms with Crippen LogP contribution in [0.1, 0.15) is 24.8 Å². The molecule has 1 saturated carbocycles. The van der Waals surface area contributed by atoms with Crippen molar-refractivity contribution in [3.63, 3.8) is 0 Å². The Kier molecular flexibility index (Phi) is 4.25. The van der Waals surface area contributed by atoms with Gasteiger partial charge in [0.05, 0.1) is 0 Å². The van der Waals surface area contributed by atoms with Crippen LogP contribution < -0.4 is 11.1 Å². The van der Waals surface area contributed by atoms with Gasteiger partial charge < -0.3 is 11.1 Å². The zero-order chi connectivity index (χ0) is 13.1. The Morgan fingerprint density at radius 2 is 2.28 bits per heavy atom. The van der Waals surface area contributed by atoms with E-state index in [4.69, 9.17) is 17.3 Å². The summed E-state index contributed by atoms with van der Waals surface area (Å²) in [7, 11) is 0. The van der Waals surface area contributed by atoms with Gasteiger partial charge in [0.15, 0.2) is 0 Å². The molecule has 1 aromatic rings. The standard InChI is InChI=1S/C14H19ClN2O/c1-9-7-11(15)5-6-13(9)17-14(18)12-4-2-3-10(12)8-16/h5-7,10,12H,2-4,8,16H2,1H3,(H,17,18)/t10-,12-/m1/s1. The summed E-state index contributed by atoms with van der Waals surface area (Å²) in [5, 5.41) is 3.68. The first-order valence-corrected chi connectivity index (χ1v) is 6.76. The van der Waals surface area contributed by atoms with Crippen LogP contribution in [0.4, 0.5) is 5.69 Å². The highest BCUT2D eigenvalue weighted by atomic mass is 35.5. The number of aryl methyl sites for hydroxylation is 1. The Hall–Kier alpha value is -1.06. The second kappa shape index (κ2) is 5.72. The first kappa shape index (κ1) is 13.4. The summed E-state index contributed by atoms with van der Waals surface area (Å²) in [5.74, 6) is 0.482. The minimum absolute atomic E-state index is 0.0603. The molecule has 3 nitrogen and oxygen atoms in total. The molecule has 1 aliphatic rings. The van der Waals surface area contributed by atoms with Gasteiger partial charge in [0.1, 0.15) is 0 Å². The van der Waals surface area contributed by atoms with E-state index in [-0.39, 0.29) is 11.8 Å². The van der Waals surface area contributed by atoms with Crippen molar-refractivity contribution in [3.8, 4) is 0 Å². The molecule has 0 saturated heterocycles. The number of nitrogens with one attached hydrogen (secondary N) is 1. The van der Waals surface area contributed by atoms with E-state index in [1.807, 2.05) is 19.1 Å². The van der Waals surface area contributed by atoms with E-state index in [1.54, 1.807) is 6.07 Å². The van der Waals surface area contributed by atoms with Crippen LogP contribution in [-0.4, -0.2) is 12.5 Å². The van der Waals surface area contributed by atoms with Crippen LogP contribution in [0.3, 0.4) is 0 Å². The Morgan fingerprint density at radius 1 is 1.50 bits per heavy atom. The lowest BCUT2D eigenvalue weighted by molar-refractivity contribution is -0.120. The maximum Gasteiger partial charge on any atom is 0.227 e. The van der Waals surface area contributed by atoms with Crippen LogP contribution in [-0.2, 0) is 4.79 Å². The summed E-state index contributed by atoms with van der Waals surface area (Å²) < 4.78 is 0. The van der Waals surface area contributed by atoms with E-state index in [1.165, 1.54) is 0 Å². The number of benzene rings is 1. The lowest BCUT2D eigenvalue weighted by Gasteiger charge is -2.18. The van der Waals surface area contributed by atoms with Crippen molar-refractivity contribution < 1.29 is 4.79 Å². The summed E-state index contributed by atoms with van der Waals surface area (Å²) in [4.78, 5) is 12.2. The van der Waals surface area contributed by atoms with E-state index in [2.05, 4.69) is 5.32 Å². The zero-order valence-electron chi connectivity index (χ0n) is 10.6. The van der Waals surface area contributed by atoms with Gasteiger partial charge in [0.2, 0.25) is 5.91 Å². The van der Waals surface area contributed by atoms with Crippen molar-refractivity contribution in [2.45, 2.75) is 26.2 Å². The van der Waals surface area contributed by atoms with E-state index in [0.29, 0.717) is 17.5 Å². The van der Waals surface area contributed by atoms with Crippen molar-refractivity contribution in [1.29, 1.82) is 0 Å². The molecule has 0 aliphatic heterocycles. The first-order valence-electron chi connectivity index (χ1n) is 6.39. The summed E-state index contributed by atoms with van der Waals surface area (Å²) in [6, 6.07) is 5.49. The van der Waals surface area contributed by atoms with Crippen LogP contribution in [0.5, 0.6) is 0 Å². The molecular weight excluding hydrogens is 248 g/mol. The van der Waals surface area contributed by atoms with E-state index >= 15 is 0 Å². The number of anilines is 1. The molecule has 1 aliphatic carbocycles. The molecule has 0 bridgehead atoms. The van der Waals surface area contributed by atoms with Crippen LogP contribution in [0.15, 0.2) is 18.2 Å². The molecule has 18 heavy (non-hydrogen) atoms. The average Bonchev–Trinajstić information content (AvgIpc) is 2.81. The zero-order valence-corrected chi connectivity index (χ0v) is 11.3. The van der Waals surface area contributed by atoms with Gasteiger partial charge in [-0.1, -0.05) is 18.0 Å². The van der Waals surface area contributed by atoms with E-state index in [0.717, 1.165) is 30.5 Å². The number of halogens is 1. The highest BCUT2D eigenvalue weighted by Crippen LogP contribution is 2.32. The quantitative estimate of drug-likeness (QED) is 0.884. The normalized spacial score (nSPS) is 23.1. The van der Waals surface area contributed by atoms with Gasteiger partial charge in [-0.15, -0.1) is 0 Å². The molecule has 1 fully saturated rings. The van der Waals surface area contributed by atoms with Crippen LogP contribution in [0.25, 0.3) is 0 Å². The Balaban J connectivity index is 2.07. The lowest BCUT2D eigenvalue weighted by atomic mass is 9.95. The molecule has 0 radical (unpaired) electrons. The fourth-order valence-corrected chi connectivity index (χ4v) is 2.88. The van der Waals surface area contributed by atoms with Gasteiger partial charge >= 0.3 is 0 Å². The minimum atomic E-state index is 0.0603. The number of carbonyl (C=O) groups is 1. The minimum Gasteiger partial charge on any atom is -0.330 e. The molecular formula is C14H19ClN2O. The van der Waals surface area contributed by atoms with Gasteiger partial charge in [0.25, 0.3) is 0 Å². The molecule has 98 valence electrons. The van der Waals surface area contributed by atoms with Gasteiger partial charge in [0, 0.05) is 16.6 Å². The molecule has 3 N–H and O–H groups in total. The Morgan fingerprint density at radius 3 is 2.94 bits per heavy atom. The smallest absolute Gasteiger partial charge is 0.227 e. The van der Waals surface area contributed by atoms with Crippen molar-refractivity contribution >= 4 is 23.2 Å². The highest BCUT2D eigenvalue weighted by molar-refractivity contribution is 6.30. The number of carbonyl (C=O) groups excluding carboxylic acids is 1. The third-order valence-electron chi connectivity index (χ3n) is 3.74. The fourth-order valence-electron chi connectivity index (χ4n) is 2.66. The number of rotatable bonds is 3. The third-order valence-corrected chi connectivity index (χ3v) is 3.98. The monoisotopic (exact) mass is 266 g/mol. The van der Waals surface area contributed by atoms with Crippen LogP contribution in [0.2, 0.25) is 5.02 Å². The average molecular weight is 267 g/mol. The van der Waals surface area contributed by atoms with Gasteiger partial charge in [-0.2, -0.15) is 0 Å². The molecule has 0 spiro atoms. The van der Waals surface area contributed by atoms with Crippen molar-refractivity contribution in [3.05, 3.63) is 28.8 Å². The van der Waals surface area contributed by atoms with E-state index in [9.17, 15) is 4.79 Å². The topological polar surface area (TPSA) is 55.1 Å². The van der Waals surface area contributed by atoms with Crippen LogP contribution in [0, 0.1) is 18.8 Å². The van der Waals surface area contributed by atoms with Gasteiger partial charge in [-0.25, -0.2) is 0 Å². The fraction of sp³-hybridized carbons (Fsp3) is 0.500. The number of nitrogens with two attached hydrogens (primary N) is 1. The molecule has 0 heterocycles. The van der Waals surface area contributed by atoms with Crippen LogP contribution >= 0.6 is 11.6 Å². The molecule has 2 atom stereocenters. The first-order chi connectivity index (χ1) is 8.61.